The molecule has 1 aliphatic rings. The van der Waals surface area contributed by atoms with Crippen molar-refractivity contribution in [2.75, 3.05) is 6.61 Å². The normalized spacial score (nSPS) is 13.3. The predicted octanol–water partition coefficient (Wildman–Crippen LogP) is 1.20. The van der Waals surface area contributed by atoms with Gasteiger partial charge in [-0.25, -0.2) is 0 Å². The Bertz CT molecular complexity index is 445. The molecule has 0 aromatic heterocycles. The third kappa shape index (κ3) is 2.09. The van der Waals surface area contributed by atoms with Gasteiger partial charge in [0.2, 0.25) is 0 Å². The molecule has 0 unspecified atom stereocenters. The molecular weight excluding hydrogens is 271 g/mol. The van der Waals surface area contributed by atoms with E-state index >= 15 is 0 Å². The van der Waals surface area contributed by atoms with Crippen LogP contribution in [-0.4, -0.2) is 25.5 Å². The molecule has 1 aliphatic heterocycles. The Morgan fingerprint density at radius 1 is 1.62 bits per heavy atom. The summed E-state index contributed by atoms with van der Waals surface area (Å²) in [5.41, 5.74) is 2.56. The fourth-order valence-corrected chi connectivity index (χ4v) is 2.43. The van der Waals surface area contributed by atoms with Crippen LogP contribution in [0.4, 0.5) is 0 Å². The lowest BCUT2D eigenvalue weighted by Crippen LogP contribution is -2.14. The third-order valence-corrected chi connectivity index (χ3v) is 3.44. The molecule has 2 radical (unpaired) electrons. The van der Waals surface area contributed by atoms with Gasteiger partial charge in [0.15, 0.2) is 0 Å². The number of carboxylic acids is 1. The van der Waals surface area contributed by atoms with Gasteiger partial charge >= 0.3 is 5.97 Å². The average Bonchev–Trinajstić information content (AvgIpc) is 2.69. The fourth-order valence-electron chi connectivity index (χ4n) is 1.81. The zero-order chi connectivity index (χ0) is 11.7. The van der Waals surface area contributed by atoms with Crippen molar-refractivity contribution in [3.63, 3.8) is 0 Å². The summed E-state index contributed by atoms with van der Waals surface area (Å²) >= 11 is 3.39. The number of aryl methyl sites for hydroxylation is 1. The maximum atomic E-state index is 10.5. The SMILES string of the molecule is [B]c1c(CCC(=O)O)cc2c(c1Br)OCC2. The van der Waals surface area contributed by atoms with E-state index < -0.39 is 5.97 Å². The van der Waals surface area contributed by atoms with E-state index in [0.29, 0.717) is 18.5 Å². The maximum absolute atomic E-state index is 10.5. The van der Waals surface area contributed by atoms with E-state index in [9.17, 15) is 4.79 Å². The van der Waals surface area contributed by atoms with E-state index in [2.05, 4.69) is 15.9 Å². The number of ether oxygens (including phenoxy) is 1. The van der Waals surface area contributed by atoms with E-state index in [1.54, 1.807) is 0 Å². The zero-order valence-corrected chi connectivity index (χ0v) is 10.2. The largest absolute Gasteiger partial charge is 0.492 e. The molecule has 82 valence electrons. The van der Waals surface area contributed by atoms with Crippen molar-refractivity contribution in [1.82, 2.24) is 0 Å². The van der Waals surface area contributed by atoms with Crippen LogP contribution >= 0.6 is 15.9 Å². The molecule has 0 amide bonds. The minimum atomic E-state index is -0.813. The van der Waals surface area contributed by atoms with Crippen molar-refractivity contribution in [3.8, 4) is 5.75 Å². The molecule has 0 bridgehead atoms. The summed E-state index contributed by atoms with van der Waals surface area (Å²) < 4.78 is 6.20. The molecule has 0 spiro atoms. The molecule has 0 atom stereocenters. The van der Waals surface area contributed by atoms with E-state index in [1.807, 2.05) is 6.07 Å². The van der Waals surface area contributed by atoms with E-state index in [-0.39, 0.29) is 6.42 Å². The van der Waals surface area contributed by atoms with Crippen molar-refractivity contribution in [2.24, 2.45) is 0 Å². The first-order valence-corrected chi connectivity index (χ1v) is 5.83. The highest BCUT2D eigenvalue weighted by Gasteiger charge is 2.19. The van der Waals surface area contributed by atoms with Gasteiger partial charge in [0, 0.05) is 12.8 Å². The minimum absolute atomic E-state index is 0.0935. The lowest BCUT2D eigenvalue weighted by molar-refractivity contribution is -0.136. The van der Waals surface area contributed by atoms with Crippen molar-refractivity contribution in [1.29, 1.82) is 0 Å². The number of carboxylic acid groups (broad SMARTS) is 1. The lowest BCUT2D eigenvalue weighted by atomic mass is 9.86. The Morgan fingerprint density at radius 3 is 3.06 bits per heavy atom. The van der Waals surface area contributed by atoms with Crippen LogP contribution in [0.3, 0.4) is 0 Å². The fraction of sp³-hybridized carbons (Fsp3) is 0.364. The van der Waals surface area contributed by atoms with Crippen LogP contribution in [-0.2, 0) is 17.6 Å². The van der Waals surface area contributed by atoms with Gasteiger partial charge in [-0.05, 0) is 27.9 Å². The van der Waals surface area contributed by atoms with Gasteiger partial charge in [0.05, 0.1) is 11.1 Å². The summed E-state index contributed by atoms with van der Waals surface area (Å²) in [5, 5.41) is 8.65. The van der Waals surface area contributed by atoms with E-state index in [4.69, 9.17) is 17.7 Å². The Kier molecular flexibility index (Phi) is 3.24. The summed E-state index contributed by atoms with van der Waals surface area (Å²) in [6.45, 7) is 0.662. The number of benzene rings is 1. The Labute approximate surface area is 103 Å². The molecule has 2 rings (SSSR count). The first-order chi connectivity index (χ1) is 7.59. The quantitative estimate of drug-likeness (QED) is 0.847. The zero-order valence-electron chi connectivity index (χ0n) is 8.62. The highest BCUT2D eigenvalue weighted by Crippen LogP contribution is 2.33. The lowest BCUT2D eigenvalue weighted by Gasteiger charge is -2.11. The number of hydrogen-bond donors (Lipinski definition) is 1. The second kappa shape index (κ2) is 4.49. The van der Waals surface area contributed by atoms with Crippen LogP contribution in [0, 0.1) is 0 Å². The molecule has 5 heteroatoms. The molecule has 16 heavy (non-hydrogen) atoms. The molecule has 0 aliphatic carbocycles. The van der Waals surface area contributed by atoms with Gasteiger partial charge < -0.3 is 9.84 Å². The van der Waals surface area contributed by atoms with Gasteiger partial charge in [-0.1, -0.05) is 17.1 Å². The summed E-state index contributed by atoms with van der Waals surface area (Å²) in [4.78, 5) is 10.5. The van der Waals surface area contributed by atoms with Crippen molar-refractivity contribution >= 4 is 35.2 Å². The molecule has 1 N–H and O–H groups in total. The molecule has 1 aromatic rings. The van der Waals surface area contributed by atoms with Crippen molar-refractivity contribution < 1.29 is 14.6 Å². The minimum Gasteiger partial charge on any atom is -0.492 e. The van der Waals surface area contributed by atoms with Gasteiger partial charge in [-0.15, -0.1) is 0 Å². The van der Waals surface area contributed by atoms with Crippen LogP contribution in [0.25, 0.3) is 0 Å². The van der Waals surface area contributed by atoms with Gasteiger partial charge in [0.25, 0.3) is 0 Å². The Morgan fingerprint density at radius 2 is 2.38 bits per heavy atom. The molecule has 0 saturated carbocycles. The standard InChI is InChI=1S/C11H10BBrO3/c12-9-6(1-2-8(14)15)5-7-3-4-16-11(7)10(9)13/h5H,1-4H2,(H,14,15). The molecular formula is C11H10BBrO3. The van der Waals surface area contributed by atoms with E-state index in [0.717, 1.165) is 27.8 Å². The maximum Gasteiger partial charge on any atom is 0.303 e. The first kappa shape index (κ1) is 11.5. The average molecular weight is 281 g/mol. The Balaban J connectivity index is 2.32. The number of hydrogen-bond acceptors (Lipinski definition) is 2. The summed E-state index contributed by atoms with van der Waals surface area (Å²) in [6, 6.07) is 1.95. The van der Waals surface area contributed by atoms with Crippen molar-refractivity contribution in [3.05, 3.63) is 21.7 Å². The number of aliphatic carboxylic acids is 1. The molecule has 1 aromatic carbocycles. The van der Waals surface area contributed by atoms with Gasteiger partial charge in [-0.3, -0.25) is 4.79 Å². The topological polar surface area (TPSA) is 46.5 Å². The molecule has 0 fully saturated rings. The molecule has 1 heterocycles. The van der Waals surface area contributed by atoms with Crippen molar-refractivity contribution in [2.45, 2.75) is 19.3 Å². The predicted molar refractivity (Wildman–Crippen MR) is 64.7 cm³/mol. The first-order valence-electron chi connectivity index (χ1n) is 5.04. The highest BCUT2D eigenvalue weighted by molar-refractivity contribution is 9.10. The number of carbonyl (C=O) groups is 1. The number of halogens is 1. The second-order valence-corrected chi connectivity index (χ2v) is 4.54. The monoisotopic (exact) mass is 280 g/mol. The van der Waals surface area contributed by atoms with Gasteiger partial charge in [-0.2, -0.15) is 0 Å². The van der Waals surface area contributed by atoms with E-state index in [1.165, 1.54) is 0 Å². The Hall–Kier alpha value is -0.965. The third-order valence-electron chi connectivity index (χ3n) is 2.65. The molecule has 3 nitrogen and oxygen atoms in total. The van der Waals surface area contributed by atoms with Crippen LogP contribution < -0.4 is 10.2 Å². The van der Waals surface area contributed by atoms with Crippen LogP contribution in [0.5, 0.6) is 5.75 Å². The summed E-state index contributed by atoms with van der Waals surface area (Å²) in [6.07, 6.45) is 1.40. The van der Waals surface area contributed by atoms with Crippen LogP contribution in [0.15, 0.2) is 10.5 Å². The summed E-state index contributed by atoms with van der Waals surface area (Å²) in [7, 11) is 5.92. The molecule has 0 saturated heterocycles. The summed E-state index contributed by atoms with van der Waals surface area (Å²) in [5.74, 6) is -0.0103. The number of rotatable bonds is 3. The van der Waals surface area contributed by atoms with Gasteiger partial charge in [0.1, 0.15) is 13.6 Å². The smallest absolute Gasteiger partial charge is 0.303 e. The highest BCUT2D eigenvalue weighted by atomic mass is 79.9. The van der Waals surface area contributed by atoms with Crippen LogP contribution in [0.2, 0.25) is 0 Å². The van der Waals surface area contributed by atoms with Crippen LogP contribution in [0.1, 0.15) is 17.5 Å². The second-order valence-electron chi connectivity index (χ2n) is 3.74. The number of fused-ring (bicyclic) bond motifs is 1.